The Morgan fingerprint density at radius 2 is 2.05 bits per heavy atom. The van der Waals surface area contributed by atoms with E-state index in [1.54, 1.807) is 14.1 Å². The first-order chi connectivity index (χ1) is 8.96. The number of rotatable bonds is 5. The van der Waals surface area contributed by atoms with Crippen molar-refractivity contribution in [2.45, 2.75) is 32.7 Å². The third-order valence-corrected chi connectivity index (χ3v) is 4.10. The van der Waals surface area contributed by atoms with E-state index in [0.29, 0.717) is 15.4 Å². The zero-order valence-corrected chi connectivity index (χ0v) is 12.6. The van der Waals surface area contributed by atoms with Crippen LogP contribution in [0.5, 0.6) is 0 Å². The molecule has 0 radical (unpaired) electrons. The Hall–Kier alpha value is -1.74. The Labute approximate surface area is 118 Å². The highest BCUT2D eigenvalue weighted by Crippen LogP contribution is 2.36. The number of hydrogen-bond acceptors (Lipinski definition) is 5. The highest BCUT2D eigenvalue weighted by molar-refractivity contribution is 7.18. The number of nitrogens with one attached hydrogen (secondary N) is 1. The molecule has 0 aliphatic rings. The summed E-state index contributed by atoms with van der Waals surface area (Å²) in [5.41, 5.74) is 6.57. The maximum absolute atomic E-state index is 12.0. The summed E-state index contributed by atoms with van der Waals surface area (Å²) in [5, 5.41) is 13.2. The number of anilines is 2. The molecule has 0 aliphatic carbocycles. The molecule has 19 heavy (non-hydrogen) atoms. The number of amides is 1. The minimum absolute atomic E-state index is 0.170. The van der Waals surface area contributed by atoms with Gasteiger partial charge in [0.05, 0.1) is 5.69 Å². The summed E-state index contributed by atoms with van der Waals surface area (Å²) >= 11 is 1.26. The van der Waals surface area contributed by atoms with E-state index in [9.17, 15) is 10.1 Å². The number of carbonyl (C=O) groups is 1. The van der Waals surface area contributed by atoms with Crippen molar-refractivity contribution in [2.24, 2.45) is 0 Å². The largest absolute Gasteiger partial charge is 0.396 e. The maximum atomic E-state index is 12.0. The van der Waals surface area contributed by atoms with Gasteiger partial charge in [-0.3, -0.25) is 4.79 Å². The monoisotopic (exact) mass is 280 g/mol. The normalized spacial score (nSPS) is 10.3. The number of thiophene rings is 1. The molecule has 6 heteroatoms. The molecule has 0 spiro atoms. The summed E-state index contributed by atoms with van der Waals surface area (Å²) in [4.78, 5) is 13.9. The van der Waals surface area contributed by atoms with Crippen LogP contribution < -0.4 is 11.1 Å². The van der Waals surface area contributed by atoms with E-state index in [2.05, 4.69) is 25.2 Å². The maximum Gasteiger partial charge on any atom is 0.265 e. The predicted molar refractivity (Wildman–Crippen MR) is 79.5 cm³/mol. The molecule has 1 aromatic rings. The smallest absolute Gasteiger partial charge is 0.265 e. The van der Waals surface area contributed by atoms with Gasteiger partial charge in [0.2, 0.25) is 0 Å². The lowest BCUT2D eigenvalue weighted by atomic mass is 10.1. The van der Waals surface area contributed by atoms with Gasteiger partial charge in [0.25, 0.3) is 5.91 Å². The summed E-state index contributed by atoms with van der Waals surface area (Å²) in [5.74, 6) is -0.170. The van der Waals surface area contributed by atoms with Crippen molar-refractivity contribution < 1.29 is 4.79 Å². The van der Waals surface area contributed by atoms with Crippen LogP contribution in [0.4, 0.5) is 10.7 Å². The summed E-state index contributed by atoms with van der Waals surface area (Å²) in [7, 11) is 3.34. The molecule has 0 bridgehead atoms. The Morgan fingerprint density at radius 1 is 1.47 bits per heavy atom. The zero-order chi connectivity index (χ0) is 14.6. The molecule has 1 aromatic heterocycles. The van der Waals surface area contributed by atoms with Crippen molar-refractivity contribution >= 4 is 27.9 Å². The standard InChI is InChI=1S/C13H20N4OS/c1-5-8(6-2)16-12-9(7-14)10(15)11(19-12)13(18)17(3)4/h8,16H,5-6,15H2,1-4H3. The summed E-state index contributed by atoms with van der Waals surface area (Å²) < 4.78 is 0. The van der Waals surface area contributed by atoms with Crippen LogP contribution in [0.3, 0.4) is 0 Å². The van der Waals surface area contributed by atoms with Crippen LogP contribution in [0, 0.1) is 11.3 Å². The minimum atomic E-state index is -0.170. The van der Waals surface area contributed by atoms with Crippen LogP contribution in [0.15, 0.2) is 0 Å². The molecule has 0 aliphatic heterocycles. The SMILES string of the molecule is CCC(CC)Nc1sc(C(=O)N(C)C)c(N)c1C#N. The quantitative estimate of drug-likeness (QED) is 0.868. The fraction of sp³-hybridized carbons (Fsp3) is 0.538. The number of carbonyl (C=O) groups excluding carboxylic acids is 1. The lowest BCUT2D eigenvalue weighted by Crippen LogP contribution is -2.21. The fourth-order valence-corrected chi connectivity index (χ4v) is 2.87. The van der Waals surface area contributed by atoms with Crippen LogP contribution in [-0.4, -0.2) is 30.9 Å². The van der Waals surface area contributed by atoms with Crippen LogP contribution in [0.1, 0.15) is 41.9 Å². The van der Waals surface area contributed by atoms with E-state index in [0.717, 1.165) is 12.8 Å². The van der Waals surface area contributed by atoms with Gasteiger partial charge in [0, 0.05) is 20.1 Å². The van der Waals surface area contributed by atoms with E-state index in [-0.39, 0.29) is 17.6 Å². The molecule has 0 unspecified atom stereocenters. The first kappa shape index (κ1) is 15.3. The van der Waals surface area contributed by atoms with Gasteiger partial charge < -0.3 is 16.0 Å². The van der Waals surface area contributed by atoms with E-state index in [1.165, 1.54) is 16.2 Å². The lowest BCUT2D eigenvalue weighted by Gasteiger charge is -2.14. The molecule has 1 rings (SSSR count). The fourth-order valence-electron chi connectivity index (χ4n) is 1.70. The molecule has 0 atom stereocenters. The number of hydrogen-bond donors (Lipinski definition) is 2. The number of nitrogens with two attached hydrogens (primary N) is 1. The van der Waals surface area contributed by atoms with Crippen molar-refractivity contribution in [3.63, 3.8) is 0 Å². The zero-order valence-electron chi connectivity index (χ0n) is 11.8. The lowest BCUT2D eigenvalue weighted by molar-refractivity contribution is 0.0833. The van der Waals surface area contributed by atoms with Gasteiger partial charge in [0.1, 0.15) is 21.5 Å². The minimum Gasteiger partial charge on any atom is -0.396 e. The first-order valence-electron chi connectivity index (χ1n) is 6.26. The molecule has 1 amide bonds. The average Bonchev–Trinajstić information content (AvgIpc) is 2.70. The molecule has 0 fully saturated rings. The van der Waals surface area contributed by atoms with Crippen molar-refractivity contribution in [3.8, 4) is 6.07 Å². The highest BCUT2D eigenvalue weighted by Gasteiger charge is 2.23. The van der Waals surface area contributed by atoms with Crippen LogP contribution >= 0.6 is 11.3 Å². The molecule has 1 heterocycles. The Bertz CT molecular complexity index is 497. The number of nitrogen functional groups attached to an aromatic ring is 1. The third kappa shape index (κ3) is 3.18. The summed E-state index contributed by atoms with van der Waals surface area (Å²) in [6, 6.07) is 2.37. The van der Waals surface area contributed by atoms with Crippen molar-refractivity contribution in [1.29, 1.82) is 5.26 Å². The first-order valence-corrected chi connectivity index (χ1v) is 7.08. The topological polar surface area (TPSA) is 82.2 Å². The molecule has 0 saturated heterocycles. The van der Waals surface area contributed by atoms with Gasteiger partial charge in [-0.15, -0.1) is 11.3 Å². The van der Waals surface area contributed by atoms with Crippen molar-refractivity contribution in [3.05, 3.63) is 10.4 Å². The van der Waals surface area contributed by atoms with Gasteiger partial charge in [-0.25, -0.2) is 0 Å². The van der Waals surface area contributed by atoms with Crippen LogP contribution in [-0.2, 0) is 0 Å². The van der Waals surface area contributed by atoms with Gasteiger partial charge in [0.15, 0.2) is 0 Å². The van der Waals surface area contributed by atoms with Gasteiger partial charge in [-0.2, -0.15) is 5.26 Å². The molecule has 104 valence electrons. The second-order valence-corrected chi connectivity index (χ2v) is 5.54. The Balaban J connectivity index is 3.17. The predicted octanol–water partition coefficient (Wildman–Crippen LogP) is 2.50. The number of nitrogens with zero attached hydrogens (tertiary/aromatic N) is 2. The summed E-state index contributed by atoms with van der Waals surface area (Å²) in [6.45, 7) is 4.16. The van der Waals surface area contributed by atoms with Crippen LogP contribution in [0.2, 0.25) is 0 Å². The molecule has 0 saturated carbocycles. The van der Waals surface area contributed by atoms with E-state index in [4.69, 9.17) is 5.73 Å². The Kier molecular flexibility index (Phi) is 5.19. The van der Waals surface area contributed by atoms with Crippen molar-refractivity contribution in [2.75, 3.05) is 25.1 Å². The van der Waals surface area contributed by atoms with Crippen molar-refractivity contribution in [1.82, 2.24) is 4.90 Å². The van der Waals surface area contributed by atoms with Gasteiger partial charge in [-0.05, 0) is 12.8 Å². The van der Waals surface area contributed by atoms with E-state index in [1.807, 2.05) is 0 Å². The van der Waals surface area contributed by atoms with E-state index < -0.39 is 0 Å². The molecule has 3 N–H and O–H groups in total. The number of nitriles is 1. The second kappa shape index (κ2) is 6.43. The summed E-state index contributed by atoms with van der Waals surface area (Å²) in [6.07, 6.45) is 1.91. The highest BCUT2D eigenvalue weighted by atomic mass is 32.1. The second-order valence-electron chi connectivity index (χ2n) is 4.52. The third-order valence-electron chi connectivity index (χ3n) is 2.98. The van der Waals surface area contributed by atoms with Gasteiger partial charge >= 0.3 is 0 Å². The van der Waals surface area contributed by atoms with Crippen LogP contribution in [0.25, 0.3) is 0 Å². The van der Waals surface area contributed by atoms with Gasteiger partial charge in [-0.1, -0.05) is 13.8 Å². The Morgan fingerprint density at radius 3 is 2.47 bits per heavy atom. The average molecular weight is 280 g/mol. The van der Waals surface area contributed by atoms with E-state index >= 15 is 0 Å². The molecule has 5 nitrogen and oxygen atoms in total. The molecular formula is C13H20N4OS. The molecular weight excluding hydrogens is 260 g/mol. The molecule has 0 aromatic carbocycles.